The van der Waals surface area contributed by atoms with E-state index in [1.807, 2.05) is 0 Å². The molecule has 0 unspecified atom stereocenters. The summed E-state index contributed by atoms with van der Waals surface area (Å²) in [5.41, 5.74) is 13.3. The second-order valence-corrected chi connectivity index (χ2v) is 13.2. The van der Waals surface area contributed by atoms with Gasteiger partial charge in [0.25, 0.3) is 0 Å². The summed E-state index contributed by atoms with van der Waals surface area (Å²) < 4.78 is 3.46. The maximum absolute atomic E-state index is 3.90. The monoisotopic (exact) mass is 675 g/mol. The molecule has 1 nitrogen and oxygen atoms in total. The van der Waals surface area contributed by atoms with E-state index >= 15 is 0 Å². The highest BCUT2D eigenvalue weighted by Gasteiger charge is 2.14. The summed E-state index contributed by atoms with van der Waals surface area (Å²) in [7, 11) is 0. The molecule has 0 atom stereocenters. The van der Waals surface area contributed by atoms with Gasteiger partial charge < -0.3 is 4.57 Å². The number of rotatable bonds is 5. The first-order valence-corrected chi connectivity index (χ1v) is 17.1. The molecule has 0 amide bonds. The predicted molar refractivity (Wildman–Crippen MR) is 208 cm³/mol. The maximum Gasteiger partial charge on any atom is 0.0547 e. The lowest BCUT2D eigenvalue weighted by Crippen LogP contribution is -1.93. The van der Waals surface area contributed by atoms with Gasteiger partial charge in [-0.3, -0.25) is 0 Å². The van der Waals surface area contributed by atoms with Gasteiger partial charge in [-0.25, -0.2) is 0 Å². The van der Waals surface area contributed by atoms with Gasteiger partial charge in [0.2, 0.25) is 0 Å². The zero-order valence-corrected chi connectivity index (χ0v) is 27.7. The second-order valence-electron chi connectivity index (χ2n) is 12.3. The molecule has 0 bridgehead atoms. The van der Waals surface area contributed by atoms with Gasteiger partial charge in [-0.05, 0) is 97.7 Å². The number of aromatic nitrogens is 1. The van der Waals surface area contributed by atoms with Gasteiger partial charge in [0.05, 0.1) is 11.0 Å². The Morgan fingerprint density at radius 1 is 0.333 bits per heavy atom. The SMILES string of the molecule is Brc1cc(-c2ccc3cc(-c4ccccc4)ccc3c2)ccc1-c1ccc(-c2ccc3c4ccccc4n(-c4ccccc4)c3c2)cc1. The third kappa shape index (κ3) is 5.02. The molecule has 0 saturated heterocycles. The van der Waals surface area contributed by atoms with Crippen molar-refractivity contribution < 1.29 is 0 Å². The van der Waals surface area contributed by atoms with E-state index in [4.69, 9.17) is 0 Å². The van der Waals surface area contributed by atoms with Crippen molar-refractivity contribution >= 4 is 48.5 Å². The van der Waals surface area contributed by atoms with Crippen molar-refractivity contribution in [1.82, 2.24) is 4.57 Å². The first-order chi connectivity index (χ1) is 23.7. The molecule has 9 rings (SSSR count). The number of hydrogen-bond acceptors (Lipinski definition) is 0. The molecule has 2 heteroatoms. The van der Waals surface area contributed by atoms with Crippen LogP contribution in [0.15, 0.2) is 186 Å². The molecule has 0 aliphatic carbocycles. The van der Waals surface area contributed by atoms with Crippen LogP contribution < -0.4 is 0 Å². The van der Waals surface area contributed by atoms with Crippen LogP contribution in [-0.2, 0) is 0 Å². The summed E-state index contributed by atoms with van der Waals surface area (Å²) >= 11 is 3.90. The van der Waals surface area contributed by atoms with Crippen LogP contribution in [0.3, 0.4) is 0 Å². The summed E-state index contributed by atoms with van der Waals surface area (Å²) in [5.74, 6) is 0. The minimum atomic E-state index is 1.08. The highest BCUT2D eigenvalue weighted by molar-refractivity contribution is 9.10. The molecule has 226 valence electrons. The topological polar surface area (TPSA) is 4.93 Å². The van der Waals surface area contributed by atoms with Gasteiger partial charge in [-0.2, -0.15) is 0 Å². The summed E-state index contributed by atoms with van der Waals surface area (Å²) in [4.78, 5) is 0. The molecule has 9 aromatic rings. The zero-order valence-electron chi connectivity index (χ0n) is 26.1. The van der Waals surface area contributed by atoms with Crippen molar-refractivity contribution in [1.29, 1.82) is 0 Å². The van der Waals surface area contributed by atoms with Crippen LogP contribution in [0, 0.1) is 0 Å². The first-order valence-electron chi connectivity index (χ1n) is 16.3. The number of hydrogen-bond donors (Lipinski definition) is 0. The predicted octanol–water partition coefficient (Wildman–Crippen LogP) is 13.4. The Hall–Kier alpha value is -5.70. The zero-order chi connectivity index (χ0) is 32.0. The van der Waals surface area contributed by atoms with Crippen molar-refractivity contribution in [3.8, 4) is 50.2 Å². The van der Waals surface area contributed by atoms with E-state index in [0.29, 0.717) is 0 Å². The highest BCUT2D eigenvalue weighted by Crippen LogP contribution is 2.37. The molecule has 1 aromatic heterocycles. The van der Waals surface area contributed by atoms with E-state index < -0.39 is 0 Å². The molecular formula is C46H30BrN. The largest absolute Gasteiger partial charge is 0.309 e. The Balaban J connectivity index is 1.02. The number of fused-ring (bicyclic) bond motifs is 4. The van der Waals surface area contributed by atoms with Gasteiger partial charge >= 0.3 is 0 Å². The van der Waals surface area contributed by atoms with Crippen molar-refractivity contribution in [2.24, 2.45) is 0 Å². The number of halogens is 1. The number of benzene rings is 8. The summed E-state index contributed by atoms with van der Waals surface area (Å²) in [5, 5.41) is 5.02. The van der Waals surface area contributed by atoms with Gasteiger partial charge in [-0.15, -0.1) is 0 Å². The van der Waals surface area contributed by atoms with Gasteiger partial charge in [0.1, 0.15) is 0 Å². The third-order valence-electron chi connectivity index (χ3n) is 9.47. The molecule has 0 saturated carbocycles. The van der Waals surface area contributed by atoms with E-state index in [2.05, 4.69) is 202 Å². The van der Waals surface area contributed by atoms with Gasteiger partial charge in [0.15, 0.2) is 0 Å². The van der Waals surface area contributed by atoms with E-state index in [0.717, 1.165) is 4.47 Å². The van der Waals surface area contributed by atoms with E-state index in [-0.39, 0.29) is 0 Å². The van der Waals surface area contributed by atoms with E-state index in [9.17, 15) is 0 Å². The first kappa shape index (κ1) is 28.5. The fourth-order valence-corrected chi connectivity index (χ4v) is 7.62. The van der Waals surface area contributed by atoms with Crippen LogP contribution in [0.1, 0.15) is 0 Å². The highest BCUT2D eigenvalue weighted by atomic mass is 79.9. The fraction of sp³-hybridized carbons (Fsp3) is 0. The molecule has 0 aliphatic rings. The minimum absolute atomic E-state index is 1.08. The van der Waals surface area contributed by atoms with E-state index in [1.54, 1.807) is 0 Å². The van der Waals surface area contributed by atoms with Crippen molar-refractivity contribution in [2.45, 2.75) is 0 Å². The van der Waals surface area contributed by atoms with Crippen LogP contribution >= 0.6 is 15.9 Å². The average molecular weight is 677 g/mol. The van der Waals surface area contributed by atoms with Crippen LogP contribution in [-0.4, -0.2) is 4.57 Å². The van der Waals surface area contributed by atoms with Crippen LogP contribution in [0.5, 0.6) is 0 Å². The smallest absolute Gasteiger partial charge is 0.0547 e. The molecular weight excluding hydrogens is 646 g/mol. The lowest BCUT2D eigenvalue weighted by Gasteiger charge is -2.11. The Morgan fingerprint density at radius 2 is 0.833 bits per heavy atom. The second kappa shape index (κ2) is 11.8. The Morgan fingerprint density at radius 3 is 1.56 bits per heavy atom. The standard InChI is InChI=1S/C46H30BrN/c47-44-29-38(37-22-21-35-27-34(19-20-36(35)28-37)31-9-3-1-4-10-31)23-25-41(44)33-17-15-32(16-18-33)39-24-26-43-42-13-7-8-14-45(42)48(46(43)30-39)40-11-5-2-6-12-40/h1-30H. The lowest BCUT2D eigenvalue weighted by molar-refractivity contribution is 1.18. The maximum atomic E-state index is 3.90. The minimum Gasteiger partial charge on any atom is -0.309 e. The number of nitrogens with zero attached hydrogens (tertiary/aromatic N) is 1. The number of para-hydroxylation sites is 2. The summed E-state index contributed by atoms with van der Waals surface area (Å²) in [6.45, 7) is 0. The normalized spacial score (nSPS) is 11.4. The molecule has 0 aliphatic heterocycles. The Labute approximate surface area is 288 Å². The summed E-state index contributed by atoms with van der Waals surface area (Å²) in [6.07, 6.45) is 0. The van der Waals surface area contributed by atoms with Crippen LogP contribution in [0.4, 0.5) is 0 Å². The summed E-state index contributed by atoms with van der Waals surface area (Å²) in [6, 6.07) is 65.8. The fourth-order valence-electron chi connectivity index (χ4n) is 7.01. The Kier molecular flexibility index (Phi) is 7.03. The van der Waals surface area contributed by atoms with Crippen LogP contribution in [0.2, 0.25) is 0 Å². The molecule has 0 spiro atoms. The molecule has 0 radical (unpaired) electrons. The van der Waals surface area contributed by atoms with Gasteiger partial charge in [-0.1, -0.05) is 155 Å². The van der Waals surface area contributed by atoms with Crippen molar-refractivity contribution in [2.75, 3.05) is 0 Å². The molecule has 0 fully saturated rings. The molecule has 0 N–H and O–H groups in total. The molecule has 48 heavy (non-hydrogen) atoms. The Bertz CT molecular complexity index is 2600. The molecule has 1 heterocycles. The van der Waals surface area contributed by atoms with Crippen molar-refractivity contribution in [3.63, 3.8) is 0 Å². The average Bonchev–Trinajstić information content (AvgIpc) is 3.49. The van der Waals surface area contributed by atoms with Crippen molar-refractivity contribution in [3.05, 3.63) is 186 Å². The van der Waals surface area contributed by atoms with Gasteiger partial charge in [0, 0.05) is 20.9 Å². The quantitative estimate of drug-likeness (QED) is 0.171. The third-order valence-corrected chi connectivity index (χ3v) is 10.1. The molecule has 8 aromatic carbocycles. The lowest BCUT2D eigenvalue weighted by atomic mass is 9.96. The van der Waals surface area contributed by atoms with Crippen LogP contribution in [0.25, 0.3) is 82.8 Å². The van der Waals surface area contributed by atoms with E-state index in [1.165, 1.54) is 82.8 Å².